The van der Waals surface area contributed by atoms with E-state index < -0.39 is 18.8 Å². The number of phosphoric acid groups is 1. The minimum absolute atomic E-state index is 0.851. The van der Waals surface area contributed by atoms with Gasteiger partial charge in [-0.1, -0.05) is 12.0 Å². The van der Waals surface area contributed by atoms with Gasteiger partial charge in [0.15, 0.2) is 0 Å². The van der Waals surface area contributed by atoms with E-state index in [-0.39, 0.29) is 0 Å². The maximum atomic E-state index is 10.7. The van der Waals surface area contributed by atoms with Crippen molar-refractivity contribution >= 4 is 7.82 Å². The first-order valence-corrected chi connectivity index (χ1v) is 5.49. The van der Waals surface area contributed by atoms with Crippen LogP contribution < -0.4 is 0 Å². The zero-order valence-electron chi connectivity index (χ0n) is 8.52. The van der Waals surface area contributed by atoms with E-state index in [4.69, 9.17) is 16.2 Å². The van der Waals surface area contributed by atoms with Gasteiger partial charge in [-0.05, 0) is 20.8 Å². The van der Waals surface area contributed by atoms with Crippen LogP contribution in [0.5, 0.6) is 0 Å². The van der Waals surface area contributed by atoms with Crippen LogP contribution in [0.1, 0.15) is 20.8 Å². The van der Waals surface area contributed by atoms with Gasteiger partial charge in [0.25, 0.3) is 0 Å². The smallest absolute Gasteiger partial charge is 0.303 e. The Morgan fingerprint density at radius 1 is 1.50 bits per heavy atom. The van der Waals surface area contributed by atoms with E-state index in [1.807, 2.05) is 0 Å². The van der Waals surface area contributed by atoms with Crippen molar-refractivity contribution < 1.29 is 18.9 Å². The lowest BCUT2D eigenvalue weighted by molar-refractivity contribution is 0.0223. The minimum atomic E-state index is -4.58. The average Bonchev–Trinajstić information content (AvgIpc) is 2.01. The Bertz CT molecular complexity index is 309. The van der Waals surface area contributed by atoms with Crippen LogP contribution >= 0.6 is 7.82 Å². The van der Waals surface area contributed by atoms with E-state index in [2.05, 4.69) is 17.0 Å². The highest BCUT2D eigenvalue weighted by atomic mass is 31.2. The lowest BCUT2D eigenvalue weighted by atomic mass is 9.77. The van der Waals surface area contributed by atoms with Crippen molar-refractivity contribution in [1.29, 1.82) is 0 Å². The van der Waals surface area contributed by atoms with E-state index in [1.165, 1.54) is 13.0 Å². The first-order valence-electron chi connectivity index (χ1n) is 3.95. The van der Waals surface area contributed by atoms with E-state index >= 15 is 0 Å². The van der Waals surface area contributed by atoms with Crippen molar-refractivity contribution in [3.63, 3.8) is 0 Å². The van der Waals surface area contributed by atoms with Gasteiger partial charge < -0.3 is 9.79 Å². The fourth-order valence-electron chi connectivity index (χ4n) is 0.797. The average molecular weight is 218 g/mol. The molecule has 0 aromatic heterocycles. The zero-order valence-corrected chi connectivity index (χ0v) is 9.41. The van der Waals surface area contributed by atoms with E-state index in [9.17, 15) is 4.57 Å². The molecule has 0 fully saturated rings. The third-order valence-electron chi connectivity index (χ3n) is 2.30. The predicted molar refractivity (Wildman–Crippen MR) is 54.3 cm³/mol. The minimum Gasteiger partial charge on any atom is -0.303 e. The molecule has 0 aliphatic heterocycles. The van der Waals surface area contributed by atoms with Crippen LogP contribution in [0.3, 0.4) is 0 Å². The van der Waals surface area contributed by atoms with Gasteiger partial charge in [0.05, 0.1) is 5.41 Å². The highest BCUT2D eigenvalue weighted by Crippen LogP contribution is 2.48. The van der Waals surface area contributed by atoms with Crippen molar-refractivity contribution in [2.45, 2.75) is 26.4 Å². The summed E-state index contributed by atoms with van der Waals surface area (Å²) in [4.78, 5) is 17.4. The van der Waals surface area contributed by atoms with Crippen molar-refractivity contribution in [1.82, 2.24) is 0 Å². The summed E-state index contributed by atoms with van der Waals surface area (Å²) < 4.78 is 15.4. The van der Waals surface area contributed by atoms with Crippen molar-refractivity contribution in [3.05, 3.63) is 12.7 Å². The Kier molecular flexibility index (Phi) is 3.71. The van der Waals surface area contributed by atoms with E-state index in [1.54, 1.807) is 13.8 Å². The van der Waals surface area contributed by atoms with Crippen LogP contribution in [-0.4, -0.2) is 15.4 Å². The maximum absolute atomic E-state index is 10.7. The molecule has 2 N–H and O–H groups in total. The fourth-order valence-corrected chi connectivity index (χ4v) is 1.59. The molecule has 0 aromatic rings. The topological polar surface area (TPSA) is 66.8 Å². The molecule has 0 saturated carbocycles. The molecule has 0 saturated heterocycles. The summed E-state index contributed by atoms with van der Waals surface area (Å²) in [6.45, 7) is 8.24. The fraction of sp³-hybridized carbons (Fsp3) is 0.556. The molecule has 0 bridgehead atoms. The lowest BCUT2D eigenvalue weighted by Gasteiger charge is -2.37. The van der Waals surface area contributed by atoms with Gasteiger partial charge in [0.2, 0.25) is 0 Å². The Balaban J connectivity index is 5.13. The summed E-state index contributed by atoms with van der Waals surface area (Å²) >= 11 is 0. The Morgan fingerprint density at radius 2 is 1.93 bits per heavy atom. The molecule has 0 spiro atoms. The largest absolute Gasteiger partial charge is 0.470 e. The van der Waals surface area contributed by atoms with Gasteiger partial charge in [-0.25, -0.2) is 4.57 Å². The molecule has 0 amide bonds. The quantitative estimate of drug-likeness (QED) is 0.428. The molecule has 14 heavy (non-hydrogen) atoms. The number of hydrogen-bond acceptors (Lipinski definition) is 2. The summed E-state index contributed by atoms with van der Waals surface area (Å²) in [6.07, 6.45) is 6.55. The molecule has 1 unspecified atom stereocenters. The van der Waals surface area contributed by atoms with Gasteiger partial charge in [0.1, 0.15) is 5.60 Å². The lowest BCUT2D eigenvalue weighted by Crippen LogP contribution is -2.40. The third kappa shape index (κ3) is 2.97. The molecule has 0 rings (SSSR count). The maximum Gasteiger partial charge on any atom is 0.470 e. The first-order chi connectivity index (χ1) is 6.08. The highest BCUT2D eigenvalue weighted by molar-refractivity contribution is 7.46. The van der Waals surface area contributed by atoms with Crippen molar-refractivity contribution in [3.8, 4) is 12.3 Å². The second kappa shape index (κ2) is 3.88. The molecule has 0 aliphatic carbocycles. The van der Waals surface area contributed by atoms with E-state index in [0.29, 0.717) is 0 Å². The van der Waals surface area contributed by atoms with Gasteiger partial charge >= 0.3 is 7.82 Å². The van der Waals surface area contributed by atoms with Crippen LogP contribution in [0.2, 0.25) is 0 Å². The summed E-state index contributed by atoms with van der Waals surface area (Å²) in [5.41, 5.74) is -2.11. The number of terminal acetylenes is 1. The Labute approximate surface area is 84.2 Å². The molecule has 0 radical (unpaired) electrons. The van der Waals surface area contributed by atoms with Crippen LogP contribution in [0, 0.1) is 17.8 Å². The Hall–Kier alpha value is -0.590. The summed E-state index contributed by atoms with van der Waals surface area (Å²) in [5, 5.41) is 0. The number of hydrogen-bond donors (Lipinski definition) is 2. The van der Waals surface area contributed by atoms with Crippen LogP contribution in [-0.2, 0) is 9.09 Å². The second-order valence-electron chi connectivity index (χ2n) is 3.66. The summed E-state index contributed by atoms with van der Waals surface area (Å²) in [7, 11) is -4.58. The normalized spacial score (nSPS) is 16.9. The van der Waals surface area contributed by atoms with Gasteiger partial charge in [0, 0.05) is 0 Å². The number of rotatable bonds is 4. The van der Waals surface area contributed by atoms with Crippen LogP contribution in [0.4, 0.5) is 0 Å². The van der Waals surface area contributed by atoms with Crippen molar-refractivity contribution in [2.24, 2.45) is 5.41 Å². The zero-order chi connectivity index (χ0) is 11.6. The number of phosphoric ester groups is 1. The summed E-state index contributed by atoms with van der Waals surface area (Å²) in [6, 6.07) is 0. The van der Waals surface area contributed by atoms with Crippen molar-refractivity contribution in [2.75, 3.05) is 0 Å². The first kappa shape index (κ1) is 13.4. The molecular weight excluding hydrogens is 203 g/mol. The molecule has 0 aliphatic rings. The van der Waals surface area contributed by atoms with Gasteiger partial charge in [-0.3, -0.25) is 4.52 Å². The standard InChI is InChI=1S/C9H15O4P/c1-6-8(3,4)9(5,7-2)13-14(10,11)12/h1,7H,2H2,3-5H3,(H2,10,11,12). The highest BCUT2D eigenvalue weighted by Gasteiger charge is 2.43. The van der Waals surface area contributed by atoms with Crippen LogP contribution in [0.25, 0.3) is 0 Å². The SMILES string of the molecule is C#CC(C)(C)C(C)(C=C)OP(=O)(O)O. The molecule has 80 valence electrons. The monoisotopic (exact) mass is 218 g/mol. The van der Waals surface area contributed by atoms with Gasteiger partial charge in [-0.2, -0.15) is 0 Å². The molecule has 4 nitrogen and oxygen atoms in total. The Morgan fingerprint density at radius 3 is 2.14 bits per heavy atom. The molecular formula is C9H15O4P. The summed E-state index contributed by atoms with van der Waals surface area (Å²) in [5.74, 6) is 2.42. The van der Waals surface area contributed by atoms with Crippen LogP contribution in [0.15, 0.2) is 12.7 Å². The van der Waals surface area contributed by atoms with Gasteiger partial charge in [-0.15, -0.1) is 13.0 Å². The molecule has 5 heteroatoms. The van der Waals surface area contributed by atoms with E-state index in [0.717, 1.165) is 0 Å². The predicted octanol–water partition coefficient (Wildman–Crippen LogP) is 1.70. The molecule has 0 heterocycles. The third-order valence-corrected chi connectivity index (χ3v) is 2.92. The molecule has 0 aromatic carbocycles. The molecule has 1 atom stereocenters. The second-order valence-corrected chi connectivity index (χ2v) is 4.83.